The van der Waals surface area contributed by atoms with Crippen LogP contribution < -0.4 is 5.32 Å². The van der Waals surface area contributed by atoms with Crippen LogP contribution >= 0.6 is 0 Å². The van der Waals surface area contributed by atoms with Crippen LogP contribution in [-0.4, -0.2) is 15.9 Å². The number of aromatic nitrogens is 2. The van der Waals surface area contributed by atoms with E-state index in [1.165, 1.54) is 0 Å². The van der Waals surface area contributed by atoms with Gasteiger partial charge in [-0.25, -0.2) is 4.98 Å². The zero-order valence-electron chi connectivity index (χ0n) is 12.5. The summed E-state index contributed by atoms with van der Waals surface area (Å²) in [6.07, 6.45) is 4.10. The minimum atomic E-state index is 0.0212. The molecule has 0 saturated heterocycles. The smallest absolute Gasteiger partial charge is 0.223 e. The van der Waals surface area contributed by atoms with Crippen LogP contribution in [0.4, 0.5) is 0 Å². The maximum atomic E-state index is 12.3. The first-order chi connectivity index (χ1) is 10.1. The second-order valence-corrected chi connectivity index (χ2v) is 5.94. The van der Waals surface area contributed by atoms with E-state index in [-0.39, 0.29) is 11.8 Å². The molecule has 0 spiro atoms. The molecule has 3 rings (SSSR count). The number of nitrogens with one attached hydrogen (secondary N) is 2. The van der Waals surface area contributed by atoms with E-state index in [0.29, 0.717) is 12.5 Å². The molecule has 2 aromatic heterocycles. The number of aromatic amines is 1. The first-order valence-electron chi connectivity index (χ1n) is 7.51. The lowest BCUT2D eigenvalue weighted by Gasteiger charge is -2.20. The Morgan fingerprint density at radius 2 is 2.43 bits per heavy atom. The lowest BCUT2D eigenvalue weighted by atomic mass is 9.89. The average molecular weight is 287 g/mol. The highest BCUT2D eigenvalue weighted by atomic mass is 16.3. The summed E-state index contributed by atoms with van der Waals surface area (Å²) in [7, 11) is 0. The normalized spacial score (nSPS) is 17.8. The van der Waals surface area contributed by atoms with Crippen molar-refractivity contribution in [2.45, 2.75) is 45.6 Å². The molecule has 2 N–H and O–H groups in total. The van der Waals surface area contributed by atoms with Crippen molar-refractivity contribution in [3.8, 4) is 0 Å². The quantitative estimate of drug-likeness (QED) is 0.907. The van der Waals surface area contributed by atoms with Crippen LogP contribution in [0.25, 0.3) is 0 Å². The predicted molar refractivity (Wildman–Crippen MR) is 78.7 cm³/mol. The molecule has 0 aromatic carbocycles. The zero-order chi connectivity index (χ0) is 14.8. The van der Waals surface area contributed by atoms with Crippen LogP contribution in [0.15, 0.2) is 22.8 Å². The first-order valence-corrected chi connectivity index (χ1v) is 7.51. The molecule has 0 saturated carbocycles. The Labute approximate surface area is 124 Å². The van der Waals surface area contributed by atoms with Gasteiger partial charge in [0, 0.05) is 24.0 Å². The second kappa shape index (κ2) is 5.76. The van der Waals surface area contributed by atoms with Crippen molar-refractivity contribution in [3.05, 3.63) is 41.4 Å². The second-order valence-electron chi connectivity index (χ2n) is 5.94. The zero-order valence-corrected chi connectivity index (χ0v) is 12.5. The highest BCUT2D eigenvalue weighted by Gasteiger charge is 2.27. The summed E-state index contributed by atoms with van der Waals surface area (Å²) >= 11 is 0. The van der Waals surface area contributed by atoms with Gasteiger partial charge >= 0.3 is 0 Å². The molecule has 21 heavy (non-hydrogen) atoms. The Morgan fingerprint density at radius 1 is 1.57 bits per heavy atom. The van der Waals surface area contributed by atoms with E-state index in [9.17, 15) is 4.79 Å². The summed E-state index contributed by atoms with van der Waals surface area (Å²) in [6, 6.07) is 3.69. The molecular weight excluding hydrogens is 266 g/mol. The summed E-state index contributed by atoms with van der Waals surface area (Å²) < 4.78 is 5.23. The lowest BCUT2D eigenvalue weighted by Crippen LogP contribution is -2.33. The van der Waals surface area contributed by atoms with Gasteiger partial charge in [0.1, 0.15) is 11.6 Å². The number of hydrogen-bond acceptors (Lipinski definition) is 3. The molecule has 112 valence electrons. The van der Waals surface area contributed by atoms with Crippen LogP contribution in [0.1, 0.15) is 49.2 Å². The third-order valence-corrected chi connectivity index (χ3v) is 4.00. The highest BCUT2D eigenvalue weighted by Crippen LogP contribution is 2.26. The summed E-state index contributed by atoms with van der Waals surface area (Å²) in [5, 5.41) is 2.95. The van der Waals surface area contributed by atoms with Gasteiger partial charge < -0.3 is 14.7 Å². The number of furan rings is 1. The van der Waals surface area contributed by atoms with E-state index in [0.717, 1.165) is 42.2 Å². The van der Waals surface area contributed by atoms with Crippen molar-refractivity contribution in [1.82, 2.24) is 15.3 Å². The summed E-state index contributed by atoms with van der Waals surface area (Å²) in [5.41, 5.74) is 2.26. The van der Waals surface area contributed by atoms with E-state index >= 15 is 0 Å². The van der Waals surface area contributed by atoms with Gasteiger partial charge in [0.05, 0.1) is 18.5 Å². The number of nitrogens with zero attached hydrogens (tertiary/aromatic N) is 1. The minimum absolute atomic E-state index is 0.0212. The Bertz CT molecular complexity index is 614. The summed E-state index contributed by atoms with van der Waals surface area (Å²) in [4.78, 5) is 20.3. The number of carbonyl (C=O) groups is 1. The molecule has 0 unspecified atom stereocenters. The Hall–Kier alpha value is -2.04. The van der Waals surface area contributed by atoms with E-state index in [1.54, 1.807) is 6.26 Å². The molecule has 1 atom stereocenters. The lowest BCUT2D eigenvalue weighted by molar-refractivity contribution is -0.125. The van der Waals surface area contributed by atoms with Gasteiger partial charge in [0.2, 0.25) is 5.91 Å². The van der Waals surface area contributed by atoms with Crippen molar-refractivity contribution in [2.24, 2.45) is 5.92 Å². The average Bonchev–Trinajstić information content (AvgIpc) is 3.12. The van der Waals surface area contributed by atoms with E-state index in [2.05, 4.69) is 29.1 Å². The number of fused-ring (bicyclic) bond motifs is 1. The van der Waals surface area contributed by atoms with Gasteiger partial charge in [-0.05, 0) is 25.0 Å². The fourth-order valence-electron chi connectivity index (χ4n) is 2.73. The van der Waals surface area contributed by atoms with Crippen molar-refractivity contribution >= 4 is 5.91 Å². The number of carbonyl (C=O) groups excluding carboxylic acids is 1. The van der Waals surface area contributed by atoms with Gasteiger partial charge in [-0.1, -0.05) is 13.8 Å². The third-order valence-electron chi connectivity index (χ3n) is 4.00. The van der Waals surface area contributed by atoms with Crippen molar-refractivity contribution < 1.29 is 9.21 Å². The summed E-state index contributed by atoms with van der Waals surface area (Å²) in [6.45, 7) is 4.70. The van der Waals surface area contributed by atoms with E-state index in [1.807, 2.05) is 12.1 Å². The van der Waals surface area contributed by atoms with Crippen LogP contribution in [-0.2, 0) is 24.2 Å². The molecule has 1 aliphatic rings. The van der Waals surface area contributed by atoms with E-state index < -0.39 is 0 Å². The summed E-state index contributed by atoms with van der Waals surface area (Å²) in [5.74, 6) is 2.31. The fourth-order valence-corrected chi connectivity index (χ4v) is 2.73. The molecule has 0 aliphatic heterocycles. The third kappa shape index (κ3) is 3.01. The van der Waals surface area contributed by atoms with E-state index in [4.69, 9.17) is 4.42 Å². The molecular formula is C16H21N3O2. The molecule has 2 aromatic rings. The molecule has 2 heterocycles. The van der Waals surface area contributed by atoms with Gasteiger partial charge in [-0.2, -0.15) is 0 Å². The maximum absolute atomic E-state index is 12.3. The molecule has 5 nitrogen and oxygen atoms in total. The molecule has 0 bridgehead atoms. The Morgan fingerprint density at radius 3 is 3.14 bits per heavy atom. The number of hydrogen-bond donors (Lipinski definition) is 2. The van der Waals surface area contributed by atoms with Gasteiger partial charge in [0.25, 0.3) is 0 Å². The Balaban J connectivity index is 1.61. The number of rotatable bonds is 4. The predicted octanol–water partition coefficient (Wildman–Crippen LogP) is 2.55. The van der Waals surface area contributed by atoms with Crippen molar-refractivity contribution in [3.63, 3.8) is 0 Å². The standard InChI is InChI=1S/C16H21N3O2/c1-10(2)15-18-13-6-5-11(8-14(13)19-15)16(20)17-9-12-4-3-7-21-12/h3-4,7,10-11H,5-6,8-9H2,1-2H3,(H,17,20)(H,18,19)/t11-/m0/s1. The Kier molecular flexibility index (Phi) is 3.82. The topological polar surface area (TPSA) is 70.9 Å². The molecule has 5 heteroatoms. The van der Waals surface area contributed by atoms with Crippen LogP contribution in [0.2, 0.25) is 0 Å². The molecule has 1 aliphatic carbocycles. The largest absolute Gasteiger partial charge is 0.467 e. The van der Waals surface area contributed by atoms with Crippen LogP contribution in [0, 0.1) is 5.92 Å². The first kappa shape index (κ1) is 13.9. The minimum Gasteiger partial charge on any atom is -0.467 e. The van der Waals surface area contributed by atoms with Crippen molar-refractivity contribution in [1.29, 1.82) is 0 Å². The van der Waals surface area contributed by atoms with Crippen LogP contribution in [0.3, 0.4) is 0 Å². The number of aryl methyl sites for hydroxylation is 1. The molecule has 0 fully saturated rings. The van der Waals surface area contributed by atoms with Gasteiger partial charge in [-0.3, -0.25) is 4.79 Å². The highest BCUT2D eigenvalue weighted by molar-refractivity contribution is 5.79. The van der Waals surface area contributed by atoms with Gasteiger partial charge in [-0.15, -0.1) is 0 Å². The SMILES string of the molecule is CC(C)c1nc2c([nH]1)C[C@@H](C(=O)NCc1ccco1)CC2. The monoisotopic (exact) mass is 287 g/mol. The van der Waals surface area contributed by atoms with Crippen molar-refractivity contribution in [2.75, 3.05) is 0 Å². The van der Waals surface area contributed by atoms with Gasteiger partial charge in [0.15, 0.2) is 0 Å². The van der Waals surface area contributed by atoms with Crippen LogP contribution in [0.5, 0.6) is 0 Å². The molecule has 1 amide bonds. The molecule has 0 radical (unpaired) electrons. The number of imidazole rings is 1. The number of amides is 1. The number of H-pyrrole nitrogens is 1. The fraction of sp³-hybridized carbons (Fsp3) is 0.500. The maximum Gasteiger partial charge on any atom is 0.223 e.